The van der Waals surface area contributed by atoms with E-state index in [9.17, 15) is 0 Å². The quantitative estimate of drug-likeness (QED) is 0.566. The molecule has 0 aromatic heterocycles. The Kier molecular flexibility index (Phi) is 6.94. The lowest BCUT2D eigenvalue weighted by Crippen LogP contribution is -2.67. The van der Waals surface area contributed by atoms with Crippen LogP contribution in [0.25, 0.3) is 0 Å². The first-order valence-electron chi connectivity index (χ1n) is 8.52. The Labute approximate surface area is 133 Å². The largest absolute Gasteiger partial charge is 0.409 e. The fraction of sp³-hybridized carbons (Fsp3) is 0.556. The smallest absolute Gasteiger partial charge is 0.168 e. The van der Waals surface area contributed by atoms with Crippen LogP contribution in [0.3, 0.4) is 0 Å². The van der Waals surface area contributed by atoms with Crippen molar-refractivity contribution >= 4 is 21.0 Å². The third kappa shape index (κ3) is 3.34. The third-order valence-electron chi connectivity index (χ3n) is 5.70. The second-order valence-electron chi connectivity index (χ2n) is 6.06. The lowest BCUT2D eigenvalue weighted by atomic mass is 10.3. The summed E-state index contributed by atoms with van der Waals surface area (Å²) in [4.78, 5) is 4.12. The SMILES string of the molecule is C/C=C(\C)[Si](CC)(Nc1ccccc1)[Si](CC)(CC)CC. The van der Waals surface area contributed by atoms with E-state index in [1.54, 1.807) is 5.20 Å². The van der Waals surface area contributed by atoms with Crippen molar-refractivity contribution in [3.63, 3.8) is 0 Å². The van der Waals surface area contributed by atoms with Gasteiger partial charge in [-0.25, -0.2) is 0 Å². The molecule has 0 saturated heterocycles. The summed E-state index contributed by atoms with van der Waals surface area (Å²) in [6.07, 6.45) is 2.38. The van der Waals surface area contributed by atoms with E-state index in [4.69, 9.17) is 0 Å². The molecule has 118 valence electrons. The Balaban J connectivity index is 3.41. The van der Waals surface area contributed by atoms with Crippen molar-refractivity contribution in [1.82, 2.24) is 0 Å². The Morgan fingerprint density at radius 3 is 1.86 bits per heavy atom. The van der Waals surface area contributed by atoms with Crippen molar-refractivity contribution in [1.29, 1.82) is 0 Å². The van der Waals surface area contributed by atoms with Gasteiger partial charge in [-0.1, -0.05) is 75.3 Å². The van der Waals surface area contributed by atoms with E-state index in [1.165, 1.54) is 29.9 Å². The zero-order valence-corrected chi connectivity index (χ0v) is 16.8. The number of para-hydroxylation sites is 1. The number of rotatable bonds is 8. The van der Waals surface area contributed by atoms with Gasteiger partial charge in [0.25, 0.3) is 0 Å². The summed E-state index contributed by atoms with van der Waals surface area (Å²) in [6, 6.07) is 16.4. The van der Waals surface area contributed by atoms with Gasteiger partial charge in [-0.15, -0.1) is 0 Å². The number of anilines is 1. The standard InChI is InChI=1S/C18H33NSi2/c1-7-17(6)21(11-5,20(8-2,9-3)10-4)19-18-15-13-12-14-16-18/h7,12-16,19H,8-11H2,1-6H3/b17-7+. The van der Waals surface area contributed by atoms with Crippen LogP contribution < -0.4 is 4.98 Å². The van der Waals surface area contributed by atoms with E-state index in [1.807, 2.05) is 0 Å². The Bertz CT molecular complexity index is 443. The third-order valence-corrected chi connectivity index (χ3v) is 26.2. The number of allylic oxidation sites excluding steroid dienone is 2. The topological polar surface area (TPSA) is 12.0 Å². The van der Waals surface area contributed by atoms with Gasteiger partial charge in [0.05, 0.1) is 7.59 Å². The van der Waals surface area contributed by atoms with Crippen molar-refractivity contribution in [2.75, 3.05) is 4.98 Å². The molecule has 0 aliphatic carbocycles. The predicted octanol–water partition coefficient (Wildman–Crippen LogP) is 6.16. The molecule has 0 saturated carbocycles. The van der Waals surface area contributed by atoms with Crippen molar-refractivity contribution in [2.24, 2.45) is 0 Å². The van der Waals surface area contributed by atoms with Gasteiger partial charge < -0.3 is 4.98 Å². The highest BCUT2D eigenvalue weighted by atomic mass is 29.3. The second kappa shape index (κ2) is 7.99. The average Bonchev–Trinajstić information content (AvgIpc) is 2.55. The normalized spacial score (nSPS) is 15.6. The van der Waals surface area contributed by atoms with Crippen LogP contribution in [0, 0.1) is 0 Å². The molecule has 1 atom stereocenters. The van der Waals surface area contributed by atoms with Gasteiger partial charge in [0, 0.05) is 5.69 Å². The summed E-state index contributed by atoms with van der Waals surface area (Å²) >= 11 is 0. The fourth-order valence-corrected chi connectivity index (χ4v) is 23.2. The molecular formula is C18H33NSi2. The molecule has 1 aromatic rings. The molecule has 3 heteroatoms. The number of hydrogen-bond donors (Lipinski definition) is 1. The van der Waals surface area contributed by atoms with Crippen molar-refractivity contribution < 1.29 is 0 Å². The maximum atomic E-state index is 4.12. The van der Waals surface area contributed by atoms with E-state index in [2.05, 4.69) is 82.9 Å². The van der Waals surface area contributed by atoms with E-state index >= 15 is 0 Å². The van der Waals surface area contributed by atoms with Crippen LogP contribution in [-0.2, 0) is 0 Å². The Morgan fingerprint density at radius 2 is 1.48 bits per heavy atom. The van der Waals surface area contributed by atoms with Gasteiger partial charge in [0.1, 0.15) is 0 Å². The molecule has 0 aliphatic heterocycles. The molecule has 0 radical (unpaired) electrons. The van der Waals surface area contributed by atoms with E-state index < -0.39 is 15.3 Å². The number of hydrogen-bond acceptors (Lipinski definition) is 1. The Morgan fingerprint density at radius 1 is 0.952 bits per heavy atom. The van der Waals surface area contributed by atoms with Gasteiger partial charge in [-0.2, -0.15) is 0 Å². The van der Waals surface area contributed by atoms with Crippen LogP contribution in [-0.4, -0.2) is 15.3 Å². The van der Waals surface area contributed by atoms with E-state index in [0.717, 1.165) is 0 Å². The number of nitrogens with one attached hydrogen (secondary N) is 1. The molecule has 0 heterocycles. The van der Waals surface area contributed by atoms with Crippen LogP contribution >= 0.6 is 0 Å². The predicted molar refractivity (Wildman–Crippen MR) is 103 cm³/mol. The van der Waals surface area contributed by atoms with Gasteiger partial charge in [-0.3, -0.25) is 0 Å². The monoisotopic (exact) mass is 319 g/mol. The lowest BCUT2D eigenvalue weighted by Gasteiger charge is -2.48. The van der Waals surface area contributed by atoms with Crippen LogP contribution in [0.2, 0.25) is 24.2 Å². The minimum Gasteiger partial charge on any atom is -0.409 e. The van der Waals surface area contributed by atoms with Crippen LogP contribution in [0.15, 0.2) is 41.6 Å². The maximum absolute atomic E-state index is 4.12. The van der Waals surface area contributed by atoms with Gasteiger partial charge in [0.15, 0.2) is 7.75 Å². The summed E-state index contributed by atoms with van der Waals surface area (Å²) < 4.78 is 0. The molecule has 1 nitrogen and oxygen atoms in total. The first-order valence-corrected chi connectivity index (χ1v) is 14.3. The number of benzene rings is 1. The Hall–Kier alpha value is -0.806. The molecule has 0 spiro atoms. The minimum atomic E-state index is -1.64. The van der Waals surface area contributed by atoms with E-state index in [-0.39, 0.29) is 0 Å². The fourth-order valence-electron chi connectivity index (χ4n) is 4.06. The van der Waals surface area contributed by atoms with Crippen LogP contribution in [0.4, 0.5) is 5.69 Å². The minimum absolute atomic E-state index is 1.30. The van der Waals surface area contributed by atoms with Crippen LogP contribution in [0.5, 0.6) is 0 Å². The molecule has 0 aliphatic rings. The first-order chi connectivity index (χ1) is 10.1. The van der Waals surface area contributed by atoms with E-state index in [0.29, 0.717) is 0 Å². The molecule has 1 N–H and O–H groups in total. The molecule has 21 heavy (non-hydrogen) atoms. The average molecular weight is 320 g/mol. The molecule has 1 unspecified atom stereocenters. The zero-order valence-electron chi connectivity index (χ0n) is 14.8. The summed E-state index contributed by atoms with van der Waals surface area (Å²) in [6.45, 7) is 14.3. The first kappa shape index (κ1) is 18.2. The highest BCUT2D eigenvalue weighted by molar-refractivity contribution is 7.46. The molecular weight excluding hydrogens is 286 g/mol. The van der Waals surface area contributed by atoms with Crippen molar-refractivity contribution in [3.8, 4) is 0 Å². The molecule has 1 rings (SSSR count). The van der Waals surface area contributed by atoms with Crippen molar-refractivity contribution in [2.45, 2.75) is 65.7 Å². The van der Waals surface area contributed by atoms with Gasteiger partial charge in [0.2, 0.25) is 0 Å². The summed E-state index contributed by atoms with van der Waals surface area (Å²) in [5.41, 5.74) is 1.32. The summed E-state index contributed by atoms with van der Waals surface area (Å²) in [5, 5.41) is 1.66. The maximum Gasteiger partial charge on any atom is 0.168 e. The van der Waals surface area contributed by atoms with Gasteiger partial charge in [-0.05, 0) is 32.0 Å². The zero-order chi connectivity index (χ0) is 15.9. The van der Waals surface area contributed by atoms with Crippen LogP contribution in [0.1, 0.15) is 41.5 Å². The molecule has 0 bridgehead atoms. The summed E-state index contributed by atoms with van der Waals surface area (Å²) in [5.74, 6) is 0. The summed E-state index contributed by atoms with van der Waals surface area (Å²) in [7, 11) is -2.95. The molecule has 0 amide bonds. The lowest BCUT2D eigenvalue weighted by molar-refractivity contribution is 1.18. The highest BCUT2D eigenvalue weighted by Gasteiger charge is 2.52. The molecule has 0 fully saturated rings. The van der Waals surface area contributed by atoms with Gasteiger partial charge >= 0.3 is 0 Å². The second-order valence-corrected chi connectivity index (χ2v) is 20.0. The molecule has 1 aromatic carbocycles. The van der Waals surface area contributed by atoms with Crippen molar-refractivity contribution in [3.05, 3.63) is 41.6 Å². The highest BCUT2D eigenvalue weighted by Crippen LogP contribution is 2.38.